The highest BCUT2D eigenvalue weighted by Gasteiger charge is 2.40. The lowest BCUT2D eigenvalue weighted by Gasteiger charge is -2.41. The molecule has 2 amide bonds. The van der Waals surface area contributed by atoms with Crippen LogP contribution >= 0.6 is 12.4 Å². The van der Waals surface area contributed by atoms with E-state index in [1.54, 1.807) is 24.1 Å². The van der Waals surface area contributed by atoms with Crippen LogP contribution in [0.5, 0.6) is 0 Å². The Morgan fingerprint density at radius 3 is 2.59 bits per heavy atom. The summed E-state index contributed by atoms with van der Waals surface area (Å²) in [7, 11) is 1.79. The summed E-state index contributed by atoms with van der Waals surface area (Å²) >= 11 is 0. The highest BCUT2D eigenvalue weighted by atomic mass is 35.5. The van der Waals surface area contributed by atoms with Crippen molar-refractivity contribution in [1.29, 1.82) is 0 Å². The number of likely N-dealkylation sites (tertiary alicyclic amines) is 1. The van der Waals surface area contributed by atoms with E-state index >= 15 is 0 Å². The van der Waals surface area contributed by atoms with Crippen LogP contribution in [-0.4, -0.2) is 51.7 Å². The molecule has 0 aromatic carbocycles. The van der Waals surface area contributed by atoms with Gasteiger partial charge in [-0.1, -0.05) is 12.8 Å². The van der Waals surface area contributed by atoms with Crippen LogP contribution in [0.15, 0.2) is 12.4 Å². The zero-order chi connectivity index (χ0) is 18.7. The molecule has 2 fully saturated rings. The first-order chi connectivity index (χ1) is 12.4. The predicted octanol–water partition coefficient (Wildman–Crippen LogP) is 1.72. The van der Waals surface area contributed by atoms with Crippen molar-refractivity contribution in [2.24, 2.45) is 24.6 Å². The highest BCUT2D eigenvalue weighted by molar-refractivity contribution is 5.93. The van der Waals surface area contributed by atoms with Crippen LogP contribution < -0.4 is 11.1 Å². The van der Waals surface area contributed by atoms with Gasteiger partial charge in [-0.15, -0.1) is 12.4 Å². The second kappa shape index (κ2) is 9.06. The number of aromatic nitrogens is 2. The molecule has 1 aliphatic carbocycles. The molecular weight excluding hydrogens is 366 g/mol. The molecule has 1 saturated carbocycles. The molecule has 1 saturated heterocycles. The first kappa shape index (κ1) is 21.7. The fourth-order valence-electron chi connectivity index (χ4n) is 4.22. The van der Waals surface area contributed by atoms with Crippen molar-refractivity contribution < 1.29 is 9.59 Å². The van der Waals surface area contributed by atoms with Crippen molar-refractivity contribution in [3.63, 3.8) is 0 Å². The molecule has 0 spiro atoms. The van der Waals surface area contributed by atoms with Gasteiger partial charge in [0.15, 0.2) is 0 Å². The summed E-state index contributed by atoms with van der Waals surface area (Å²) in [5, 5.41) is 7.01. The molecule has 152 valence electrons. The first-order valence-corrected chi connectivity index (χ1v) is 9.71. The molecule has 8 heteroatoms. The number of hydrogen-bond donors (Lipinski definition) is 2. The maximum Gasteiger partial charge on any atom is 0.254 e. The third-order valence-corrected chi connectivity index (χ3v) is 6.00. The third kappa shape index (κ3) is 5.23. The van der Waals surface area contributed by atoms with Gasteiger partial charge in [-0.25, -0.2) is 0 Å². The van der Waals surface area contributed by atoms with Crippen LogP contribution in [0.25, 0.3) is 0 Å². The number of carbonyl (C=O) groups excluding carboxylic acids is 2. The monoisotopic (exact) mass is 397 g/mol. The van der Waals surface area contributed by atoms with E-state index in [1.165, 1.54) is 0 Å². The molecule has 27 heavy (non-hydrogen) atoms. The van der Waals surface area contributed by atoms with E-state index in [9.17, 15) is 9.59 Å². The van der Waals surface area contributed by atoms with E-state index in [2.05, 4.69) is 10.4 Å². The van der Waals surface area contributed by atoms with Gasteiger partial charge >= 0.3 is 0 Å². The average molecular weight is 398 g/mol. The largest absolute Gasteiger partial charge is 0.352 e. The quantitative estimate of drug-likeness (QED) is 0.808. The summed E-state index contributed by atoms with van der Waals surface area (Å²) in [5.41, 5.74) is 6.60. The van der Waals surface area contributed by atoms with E-state index in [0.717, 1.165) is 51.6 Å². The van der Waals surface area contributed by atoms with Gasteiger partial charge in [-0.2, -0.15) is 5.10 Å². The topological polar surface area (TPSA) is 93.2 Å². The Morgan fingerprint density at radius 2 is 2.00 bits per heavy atom. The number of amides is 2. The van der Waals surface area contributed by atoms with Crippen molar-refractivity contribution in [1.82, 2.24) is 20.0 Å². The Labute approximate surface area is 167 Å². The zero-order valence-corrected chi connectivity index (χ0v) is 17.1. The average Bonchev–Trinajstić information content (AvgIpc) is 3.06. The van der Waals surface area contributed by atoms with Crippen molar-refractivity contribution in [2.45, 2.75) is 51.0 Å². The van der Waals surface area contributed by atoms with E-state index in [1.807, 2.05) is 11.8 Å². The van der Waals surface area contributed by atoms with Gasteiger partial charge < -0.3 is 16.0 Å². The van der Waals surface area contributed by atoms with Crippen molar-refractivity contribution in [3.05, 3.63) is 18.0 Å². The molecule has 0 radical (unpaired) electrons. The summed E-state index contributed by atoms with van der Waals surface area (Å²) in [4.78, 5) is 27.0. The van der Waals surface area contributed by atoms with Crippen LogP contribution in [0.2, 0.25) is 0 Å². The molecule has 2 atom stereocenters. The molecule has 2 unspecified atom stereocenters. The summed E-state index contributed by atoms with van der Waals surface area (Å²) in [6, 6.07) is 0. The molecule has 3 N–H and O–H groups in total. The Bertz CT molecular complexity index is 652. The fourth-order valence-corrected chi connectivity index (χ4v) is 4.22. The van der Waals surface area contributed by atoms with E-state index < -0.39 is 0 Å². The van der Waals surface area contributed by atoms with Crippen LogP contribution in [0.1, 0.15) is 55.8 Å². The van der Waals surface area contributed by atoms with Gasteiger partial charge in [0.25, 0.3) is 5.91 Å². The number of aryl methyl sites for hydroxylation is 1. The number of carbonyl (C=O) groups is 2. The third-order valence-electron chi connectivity index (χ3n) is 6.00. The normalized spacial score (nSPS) is 26.3. The van der Waals surface area contributed by atoms with E-state index in [4.69, 9.17) is 5.73 Å². The number of halogens is 1. The van der Waals surface area contributed by atoms with Crippen LogP contribution in [-0.2, 0) is 11.8 Å². The summed E-state index contributed by atoms with van der Waals surface area (Å²) in [6.45, 7) is 4.20. The number of rotatable bonds is 4. The van der Waals surface area contributed by atoms with Crippen molar-refractivity contribution in [3.8, 4) is 0 Å². The van der Waals surface area contributed by atoms with Gasteiger partial charge in [0, 0.05) is 38.4 Å². The lowest BCUT2D eigenvalue weighted by atomic mass is 9.73. The Morgan fingerprint density at radius 1 is 1.30 bits per heavy atom. The SMILES string of the molecule is Cl.Cn1cc(C(=O)NCC2CCN(C(=O)C3CCCCC3(C)N)CC2)cn1. The van der Waals surface area contributed by atoms with Gasteiger partial charge in [-0.3, -0.25) is 14.3 Å². The summed E-state index contributed by atoms with van der Waals surface area (Å²) < 4.78 is 1.62. The number of nitrogens with two attached hydrogens (primary N) is 1. The number of hydrogen-bond acceptors (Lipinski definition) is 4. The standard InChI is InChI=1S/C19H31N5O2.ClH/c1-19(20)8-4-3-5-16(19)18(26)24-9-6-14(7-10-24)11-21-17(25)15-12-22-23(2)13-15;/h12-14,16H,3-11,20H2,1-2H3,(H,21,25);1H. The van der Waals surface area contributed by atoms with Gasteiger partial charge in [0.1, 0.15) is 0 Å². The van der Waals surface area contributed by atoms with Crippen molar-refractivity contribution >= 4 is 24.2 Å². The number of piperidine rings is 1. The minimum absolute atomic E-state index is 0. The molecule has 7 nitrogen and oxygen atoms in total. The first-order valence-electron chi connectivity index (χ1n) is 9.71. The molecule has 1 aromatic heterocycles. The Balaban J connectivity index is 0.00000261. The molecule has 2 aliphatic rings. The second-order valence-corrected chi connectivity index (χ2v) is 8.19. The smallest absolute Gasteiger partial charge is 0.254 e. The highest BCUT2D eigenvalue weighted by Crippen LogP contribution is 2.33. The van der Waals surface area contributed by atoms with Crippen LogP contribution in [0, 0.1) is 11.8 Å². The van der Waals surface area contributed by atoms with Crippen LogP contribution in [0.3, 0.4) is 0 Å². The Hall–Kier alpha value is -1.60. The maximum atomic E-state index is 12.9. The second-order valence-electron chi connectivity index (χ2n) is 8.19. The maximum absolute atomic E-state index is 12.9. The number of nitrogens with zero attached hydrogens (tertiary/aromatic N) is 3. The summed E-state index contributed by atoms with van der Waals surface area (Å²) in [6.07, 6.45) is 9.19. The van der Waals surface area contributed by atoms with Gasteiger partial charge in [-0.05, 0) is 38.5 Å². The lowest BCUT2D eigenvalue weighted by molar-refractivity contribution is -0.140. The zero-order valence-electron chi connectivity index (χ0n) is 16.3. The Kier molecular flexibility index (Phi) is 7.28. The van der Waals surface area contributed by atoms with Gasteiger partial charge in [0.2, 0.25) is 5.91 Å². The molecule has 3 rings (SSSR count). The lowest BCUT2D eigenvalue weighted by Crippen LogP contribution is -2.55. The van der Waals surface area contributed by atoms with E-state index in [0.29, 0.717) is 18.0 Å². The number of nitrogens with one attached hydrogen (secondary N) is 1. The van der Waals surface area contributed by atoms with E-state index in [-0.39, 0.29) is 35.7 Å². The fraction of sp³-hybridized carbons (Fsp3) is 0.737. The minimum Gasteiger partial charge on any atom is -0.352 e. The molecule has 2 heterocycles. The minimum atomic E-state index is -0.371. The summed E-state index contributed by atoms with van der Waals surface area (Å²) in [5.74, 6) is 0.513. The predicted molar refractivity (Wildman–Crippen MR) is 107 cm³/mol. The van der Waals surface area contributed by atoms with Gasteiger partial charge in [0.05, 0.1) is 17.7 Å². The van der Waals surface area contributed by atoms with Crippen LogP contribution in [0.4, 0.5) is 0 Å². The molecule has 0 bridgehead atoms. The molecule has 1 aliphatic heterocycles. The molecular formula is C19H32ClN5O2. The molecule has 1 aromatic rings. The van der Waals surface area contributed by atoms with Crippen molar-refractivity contribution in [2.75, 3.05) is 19.6 Å².